The molecule has 0 aromatic heterocycles. The Balaban J connectivity index is 0.00000225. The molecule has 5 aliphatic rings. The summed E-state index contributed by atoms with van der Waals surface area (Å²) in [6.07, 6.45) is 9.00. The van der Waals surface area contributed by atoms with Gasteiger partial charge in [0.15, 0.2) is 0 Å². The number of methoxy groups -OCH3 is 1. The number of nitrogens with zero attached hydrogens (tertiary/aromatic N) is 1. The van der Waals surface area contributed by atoms with Crippen molar-refractivity contribution in [1.29, 1.82) is 0 Å². The lowest BCUT2D eigenvalue weighted by molar-refractivity contribution is -0.160. The van der Waals surface area contributed by atoms with Gasteiger partial charge in [-0.3, -0.25) is 9.59 Å². The molecule has 5 rings (SSSR count). The van der Waals surface area contributed by atoms with Crippen LogP contribution in [0.4, 0.5) is 0 Å². The first-order valence-electron chi connectivity index (χ1n) is 10.9. The normalized spacial score (nSPS) is 35.7. The number of ether oxygens (including phenoxy) is 1. The summed E-state index contributed by atoms with van der Waals surface area (Å²) in [5.74, 6) is 2.60. The highest BCUT2D eigenvalue weighted by molar-refractivity contribution is 5.91. The van der Waals surface area contributed by atoms with Crippen LogP contribution >= 0.6 is 12.4 Å². The van der Waals surface area contributed by atoms with E-state index in [4.69, 9.17) is 4.74 Å². The van der Waals surface area contributed by atoms with E-state index < -0.39 is 0 Å². The summed E-state index contributed by atoms with van der Waals surface area (Å²) in [5, 5.41) is 6.26. The fourth-order valence-electron chi connectivity index (χ4n) is 6.65. The number of amides is 2. The topological polar surface area (TPSA) is 70.7 Å². The van der Waals surface area contributed by atoms with Crippen molar-refractivity contribution in [3.05, 3.63) is 0 Å². The number of nitrogens with one attached hydrogen (secondary N) is 2. The maximum absolute atomic E-state index is 13.6. The third kappa shape index (κ3) is 4.34. The minimum atomic E-state index is -0.260. The summed E-state index contributed by atoms with van der Waals surface area (Å²) in [7, 11) is 1.68. The molecule has 2 amide bonds. The van der Waals surface area contributed by atoms with Crippen LogP contribution in [0.25, 0.3) is 0 Å². The van der Waals surface area contributed by atoms with Gasteiger partial charge in [0, 0.05) is 33.3 Å². The maximum Gasteiger partial charge on any atom is 0.242 e. The van der Waals surface area contributed by atoms with Crippen LogP contribution in [0.3, 0.4) is 0 Å². The van der Waals surface area contributed by atoms with E-state index in [0.717, 1.165) is 69.5 Å². The van der Waals surface area contributed by atoms with Gasteiger partial charge in [-0.2, -0.15) is 0 Å². The van der Waals surface area contributed by atoms with Crippen LogP contribution in [0.5, 0.6) is 0 Å². The van der Waals surface area contributed by atoms with Crippen molar-refractivity contribution in [2.24, 2.45) is 23.2 Å². The van der Waals surface area contributed by atoms with Gasteiger partial charge in [0.25, 0.3) is 0 Å². The average molecular weight is 414 g/mol. The highest BCUT2D eigenvalue weighted by atomic mass is 35.5. The molecule has 0 spiro atoms. The molecule has 0 aromatic rings. The Morgan fingerprint density at radius 2 is 1.68 bits per heavy atom. The standard InChI is InChI=1S/C21H35N3O3.ClH/c1-27-8-6-22-4-5-23-19(25)18-3-2-7-24(18)20(26)21-12-15-9-16(13-21)11-17(10-15)14-21;/h15-18,22H,2-14H2,1H3,(H,23,25);1H. The molecule has 1 atom stereocenters. The Bertz CT molecular complexity index is 536. The smallest absolute Gasteiger partial charge is 0.242 e. The molecule has 28 heavy (non-hydrogen) atoms. The molecule has 1 heterocycles. The van der Waals surface area contributed by atoms with E-state index in [0.29, 0.717) is 19.1 Å². The zero-order chi connectivity index (χ0) is 18.9. The van der Waals surface area contributed by atoms with Crippen LogP contribution in [0, 0.1) is 23.2 Å². The maximum atomic E-state index is 13.6. The molecule has 4 saturated carbocycles. The predicted octanol–water partition coefficient (Wildman–Crippen LogP) is 1.97. The number of hydrogen-bond donors (Lipinski definition) is 2. The van der Waals surface area contributed by atoms with Crippen molar-refractivity contribution >= 4 is 24.2 Å². The Hall–Kier alpha value is -0.850. The summed E-state index contributed by atoms with van der Waals surface area (Å²) in [4.78, 5) is 28.2. The van der Waals surface area contributed by atoms with Crippen molar-refractivity contribution < 1.29 is 14.3 Å². The first kappa shape index (κ1) is 21.8. The number of hydrogen-bond acceptors (Lipinski definition) is 4. The third-order valence-electron chi connectivity index (χ3n) is 7.39. The molecule has 2 N–H and O–H groups in total. The second kappa shape index (κ2) is 9.31. The van der Waals surface area contributed by atoms with Gasteiger partial charge in [0.1, 0.15) is 6.04 Å². The monoisotopic (exact) mass is 413 g/mol. The van der Waals surface area contributed by atoms with Crippen molar-refractivity contribution in [2.75, 3.05) is 39.9 Å². The number of halogens is 1. The minimum Gasteiger partial charge on any atom is -0.383 e. The SMILES string of the molecule is COCCNCCNC(=O)C1CCCN1C(=O)C12CC3CC(CC(C3)C1)C2.Cl. The minimum absolute atomic E-state index is 0. The van der Waals surface area contributed by atoms with E-state index in [-0.39, 0.29) is 29.8 Å². The number of rotatable bonds is 8. The zero-order valence-corrected chi connectivity index (χ0v) is 17.9. The van der Waals surface area contributed by atoms with E-state index in [1.165, 1.54) is 19.3 Å². The molecule has 5 fully saturated rings. The molecule has 1 aliphatic heterocycles. The van der Waals surface area contributed by atoms with Crippen molar-refractivity contribution in [3.63, 3.8) is 0 Å². The number of carbonyl (C=O) groups excluding carboxylic acids is 2. The highest BCUT2D eigenvalue weighted by Crippen LogP contribution is 2.60. The first-order chi connectivity index (χ1) is 13.1. The van der Waals surface area contributed by atoms with Gasteiger partial charge in [-0.25, -0.2) is 0 Å². The lowest BCUT2D eigenvalue weighted by Gasteiger charge is -2.56. The molecular weight excluding hydrogens is 378 g/mol. The van der Waals surface area contributed by atoms with Gasteiger partial charge in [0.05, 0.1) is 12.0 Å². The fourth-order valence-corrected chi connectivity index (χ4v) is 6.65. The molecule has 7 heteroatoms. The van der Waals surface area contributed by atoms with E-state index in [1.807, 2.05) is 4.90 Å². The number of likely N-dealkylation sites (tertiary alicyclic amines) is 1. The van der Waals surface area contributed by atoms with Gasteiger partial charge >= 0.3 is 0 Å². The van der Waals surface area contributed by atoms with Crippen LogP contribution in [0.15, 0.2) is 0 Å². The van der Waals surface area contributed by atoms with E-state index in [1.54, 1.807) is 7.11 Å². The summed E-state index contributed by atoms with van der Waals surface area (Å²) < 4.78 is 5.00. The van der Waals surface area contributed by atoms with Crippen LogP contribution < -0.4 is 10.6 Å². The Morgan fingerprint density at radius 1 is 1.04 bits per heavy atom. The second-order valence-electron chi connectivity index (χ2n) is 9.39. The molecule has 0 aromatic carbocycles. The lowest BCUT2D eigenvalue weighted by Crippen LogP contribution is -2.57. The van der Waals surface area contributed by atoms with E-state index >= 15 is 0 Å². The highest BCUT2D eigenvalue weighted by Gasteiger charge is 2.56. The zero-order valence-electron chi connectivity index (χ0n) is 17.1. The van der Waals surface area contributed by atoms with Gasteiger partial charge in [-0.15, -0.1) is 12.4 Å². The van der Waals surface area contributed by atoms with Crippen LogP contribution in [0.2, 0.25) is 0 Å². The Kier molecular flexibility index (Phi) is 7.26. The summed E-state index contributed by atoms with van der Waals surface area (Å²) in [5.41, 5.74) is -0.140. The summed E-state index contributed by atoms with van der Waals surface area (Å²) >= 11 is 0. The van der Waals surface area contributed by atoms with Crippen molar-refractivity contribution in [3.8, 4) is 0 Å². The molecule has 4 aliphatic carbocycles. The average Bonchev–Trinajstić information content (AvgIpc) is 3.12. The second-order valence-corrected chi connectivity index (χ2v) is 9.39. The van der Waals surface area contributed by atoms with Crippen molar-refractivity contribution in [1.82, 2.24) is 15.5 Å². The van der Waals surface area contributed by atoms with E-state index in [2.05, 4.69) is 10.6 Å². The van der Waals surface area contributed by atoms with Crippen LogP contribution in [-0.4, -0.2) is 62.7 Å². The third-order valence-corrected chi connectivity index (χ3v) is 7.39. The summed E-state index contributed by atoms with van der Waals surface area (Å²) in [6.45, 7) is 3.53. The number of carbonyl (C=O) groups is 2. The molecule has 160 valence electrons. The van der Waals surface area contributed by atoms with Gasteiger partial charge < -0.3 is 20.3 Å². The van der Waals surface area contributed by atoms with E-state index in [9.17, 15) is 9.59 Å². The quantitative estimate of drug-likeness (QED) is 0.597. The Labute approximate surface area is 174 Å². The van der Waals surface area contributed by atoms with Gasteiger partial charge in [0.2, 0.25) is 11.8 Å². The molecule has 1 saturated heterocycles. The predicted molar refractivity (Wildman–Crippen MR) is 110 cm³/mol. The molecular formula is C21H36ClN3O3. The molecule has 0 radical (unpaired) electrons. The first-order valence-corrected chi connectivity index (χ1v) is 10.9. The Morgan fingerprint density at radius 3 is 2.29 bits per heavy atom. The van der Waals surface area contributed by atoms with Gasteiger partial charge in [-0.05, 0) is 69.1 Å². The fraction of sp³-hybridized carbons (Fsp3) is 0.905. The lowest BCUT2D eigenvalue weighted by atomic mass is 9.49. The summed E-state index contributed by atoms with van der Waals surface area (Å²) in [6, 6.07) is -0.260. The van der Waals surface area contributed by atoms with Crippen LogP contribution in [0.1, 0.15) is 51.4 Å². The van der Waals surface area contributed by atoms with Crippen LogP contribution in [-0.2, 0) is 14.3 Å². The largest absolute Gasteiger partial charge is 0.383 e. The van der Waals surface area contributed by atoms with Crippen molar-refractivity contribution in [2.45, 2.75) is 57.4 Å². The molecule has 1 unspecified atom stereocenters. The molecule has 4 bridgehead atoms. The van der Waals surface area contributed by atoms with Gasteiger partial charge in [-0.1, -0.05) is 0 Å². The molecule has 6 nitrogen and oxygen atoms in total.